The third-order valence-electron chi connectivity index (χ3n) is 4.77. The zero-order valence-electron chi connectivity index (χ0n) is 19.5. The summed E-state index contributed by atoms with van der Waals surface area (Å²) in [5.74, 6) is -3.68. The van der Waals surface area contributed by atoms with Gasteiger partial charge in [0.15, 0.2) is 0 Å². The molecule has 0 radical (unpaired) electrons. The monoisotopic (exact) mass is 516 g/mol. The van der Waals surface area contributed by atoms with Gasteiger partial charge in [-0.2, -0.15) is 5.11 Å². The molecule has 192 valence electrons. The Bertz CT molecular complexity index is 1090. The first-order valence-electron chi connectivity index (χ1n) is 10.9. The normalized spacial score (nSPS) is 12.5. The topological polar surface area (TPSA) is 196 Å². The van der Waals surface area contributed by atoms with Crippen LogP contribution in [-0.2, 0) is 19.2 Å². The van der Waals surface area contributed by atoms with E-state index in [0.717, 1.165) is 5.69 Å². The number of carbonyl (C=O) groups is 4. The maximum absolute atomic E-state index is 12.5. The molecule has 7 N–H and O–H groups in total. The number of anilines is 1. The van der Waals surface area contributed by atoms with Gasteiger partial charge in [0, 0.05) is 29.8 Å². The van der Waals surface area contributed by atoms with Crippen molar-refractivity contribution in [1.29, 1.82) is 0 Å². The number of nitrogens with zero attached hydrogens (tertiary/aromatic N) is 2. The van der Waals surface area contributed by atoms with Gasteiger partial charge in [-0.05, 0) is 42.8 Å². The number of rotatable bonds is 14. The molecule has 0 aromatic heterocycles. The Hall–Kier alpha value is -3.97. The molecule has 2 aromatic carbocycles. The summed E-state index contributed by atoms with van der Waals surface area (Å²) in [4.78, 5) is 47.2. The lowest BCUT2D eigenvalue weighted by Gasteiger charge is -2.18. The molecule has 2 rings (SSSR count). The molecule has 0 fully saturated rings. The number of aliphatic carboxylic acids is 2. The van der Waals surface area contributed by atoms with E-state index < -0.39 is 42.4 Å². The largest absolute Gasteiger partial charge is 0.480 e. The average Bonchev–Trinajstić information content (AvgIpc) is 2.87. The van der Waals surface area contributed by atoms with Gasteiger partial charge in [-0.3, -0.25) is 19.2 Å². The number of carboxylic acids is 2. The molecule has 0 spiro atoms. The lowest BCUT2D eigenvalue weighted by Crippen LogP contribution is -2.49. The van der Waals surface area contributed by atoms with Crippen molar-refractivity contribution in [3.8, 4) is 0 Å². The molecule has 0 aliphatic carbocycles. The van der Waals surface area contributed by atoms with E-state index in [1.54, 1.807) is 36.4 Å². The quantitative estimate of drug-likeness (QED) is 0.161. The summed E-state index contributed by atoms with van der Waals surface area (Å²) in [7, 11) is 1.81. The Morgan fingerprint density at radius 2 is 1.72 bits per heavy atom. The highest BCUT2D eigenvalue weighted by atomic mass is 32.2. The van der Waals surface area contributed by atoms with Crippen LogP contribution in [0.3, 0.4) is 0 Å². The highest BCUT2D eigenvalue weighted by Crippen LogP contribution is 2.31. The van der Waals surface area contributed by atoms with Crippen molar-refractivity contribution in [3.05, 3.63) is 48.5 Å². The number of amides is 2. The van der Waals surface area contributed by atoms with Gasteiger partial charge in [-0.25, -0.2) is 0 Å². The molecule has 2 aromatic rings. The molecule has 2 atom stereocenters. The fourth-order valence-electron chi connectivity index (χ4n) is 2.79. The van der Waals surface area contributed by atoms with E-state index in [1.165, 1.54) is 11.8 Å². The lowest BCUT2D eigenvalue weighted by molar-refractivity contribution is -0.139. The smallest absolute Gasteiger partial charge is 0.322 e. The van der Waals surface area contributed by atoms with Crippen LogP contribution >= 0.6 is 11.8 Å². The standard InChI is InChI=1S/C23H28N6O6S/c1-25-14-6-8-15(9-7-14)28-29-17-4-2-3-5-19(17)36-13-18(22(33)26-12-21(31)32)27-20(30)11-10-16(24)23(34)35/h2-9,16,18,25H,10-13,24H2,1H3,(H,26,33)(H,27,30)(H,31,32)(H,34,35). The van der Waals surface area contributed by atoms with E-state index >= 15 is 0 Å². The third-order valence-corrected chi connectivity index (χ3v) is 5.92. The summed E-state index contributed by atoms with van der Waals surface area (Å²) >= 11 is 1.22. The van der Waals surface area contributed by atoms with Gasteiger partial charge in [-0.1, -0.05) is 12.1 Å². The number of thioether (sulfide) groups is 1. The number of hydrogen-bond donors (Lipinski definition) is 6. The lowest BCUT2D eigenvalue weighted by atomic mass is 10.1. The number of hydrogen-bond acceptors (Lipinski definition) is 9. The van der Waals surface area contributed by atoms with E-state index in [9.17, 15) is 19.2 Å². The van der Waals surface area contributed by atoms with E-state index in [1.807, 2.05) is 19.2 Å². The van der Waals surface area contributed by atoms with Crippen LogP contribution in [0.15, 0.2) is 63.7 Å². The molecule has 13 heteroatoms. The van der Waals surface area contributed by atoms with Gasteiger partial charge in [0.05, 0.1) is 11.4 Å². The van der Waals surface area contributed by atoms with Gasteiger partial charge in [-0.15, -0.1) is 16.9 Å². The minimum atomic E-state index is -1.24. The highest BCUT2D eigenvalue weighted by Gasteiger charge is 2.23. The van der Waals surface area contributed by atoms with Crippen LogP contribution in [-0.4, -0.2) is 65.4 Å². The third kappa shape index (κ3) is 9.72. The second kappa shape index (κ2) is 14.4. The Kier molecular flexibility index (Phi) is 11.3. The fraction of sp³-hybridized carbons (Fsp3) is 0.304. The minimum Gasteiger partial charge on any atom is -0.480 e. The average molecular weight is 517 g/mol. The van der Waals surface area contributed by atoms with Crippen LogP contribution in [0, 0.1) is 0 Å². The molecule has 0 saturated heterocycles. The van der Waals surface area contributed by atoms with Crippen LogP contribution in [0.5, 0.6) is 0 Å². The second-order valence-corrected chi connectivity index (χ2v) is 8.55. The molecule has 36 heavy (non-hydrogen) atoms. The van der Waals surface area contributed by atoms with Crippen molar-refractivity contribution in [3.63, 3.8) is 0 Å². The van der Waals surface area contributed by atoms with Gasteiger partial charge in [0.2, 0.25) is 11.8 Å². The number of nitrogens with two attached hydrogens (primary N) is 1. The molecule has 0 heterocycles. The van der Waals surface area contributed by atoms with Crippen LogP contribution in [0.1, 0.15) is 12.8 Å². The molecule has 12 nitrogen and oxygen atoms in total. The molecule has 2 amide bonds. The molecule has 0 aliphatic rings. The maximum Gasteiger partial charge on any atom is 0.322 e. The molecular weight excluding hydrogens is 488 g/mol. The van der Waals surface area contributed by atoms with E-state index in [0.29, 0.717) is 16.3 Å². The number of carboxylic acid groups (broad SMARTS) is 2. The number of carbonyl (C=O) groups excluding carboxylic acids is 2. The molecule has 2 unspecified atom stereocenters. The summed E-state index contributed by atoms with van der Waals surface area (Å²) < 4.78 is 0. The predicted octanol–water partition coefficient (Wildman–Crippen LogP) is 2.11. The van der Waals surface area contributed by atoms with Crippen molar-refractivity contribution >= 4 is 52.6 Å². The zero-order chi connectivity index (χ0) is 26.5. The first kappa shape index (κ1) is 28.3. The number of nitrogens with one attached hydrogen (secondary N) is 3. The summed E-state index contributed by atoms with van der Waals surface area (Å²) in [5.41, 5.74) is 7.55. The minimum absolute atomic E-state index is 0.0611. The Balaban J connectivity index is 2.09. The van der Waals surface area contributed by atoms with Gasteiger partial charge < -0.3 is 31.9 Å². The molecule has 0 aliphatic heterocycles. The number of benzene rings is 2. The van der Waals surface area contributed by atoms with E-state index in [4.69, 9.17) is 15.9 Å². The first-order chi connectivity index (χ1) is 17.2. The predicted molar refractivity (Wildman–Crippen MR) is 135 cm³/mol. The van der Waals surface area contributed by atoms with Crippen LogP contribution < -0.4 is 21.7 Å². The van der Waals surface area contributed by atoms with Crippen molar-refractivity contribution < 1.29 is 29.4 Å². The Morgan fingerprint density at radius 3 is 2.36 bits per heavy atom. The summed E-state index contributed by atoms with van der Waals surface area (Å²) in [6.45, 7) is -0.614. The second-order valence-electron chi connectivity index (χ2n) is 7.49. The van der Waals surface area contributed by atoms with Gasteiger partial charge in [0.25, 0.3) is 0 Å². The molecule has 0 saturated carbocycles. The van der Waals surface area contributed by atoms with E-state index in [-0.39, 0.29) is 18.6 Å². The van der Waals surface area contributed by atoms with Crippen LogP contribution in [0.2, 0.25) is 0 Å². The number of azo groups is 1. The molecule has 0 bridgehead atoms. The van der Waals surface area contributed by atoms with Crippen molar-refractivity contribution in [2.45, 2.75) is 29.8 Å². The van der Waals surface area contributed by atoms with Crippen molar-refractivity contribution in [2.75, 3.05) is 24.7 Å². The van der Waals surface area contributed by atoms with Crippen molar-refractivity contribution in [1.82, 2.24) is 10.6 Å². The molecular formula is C23H28N6O6S. The van der Waals surface area contributed by atoms with Crippen molar-refractivity contribution in [2.24, 2.45) is 16.0 Å². The Labute approximate surface area is 211 Å². The van der Waals surface area contributed by atoms with E-state index in [2.05, 4.69) is 26.2 Å². The Morgan fingerprint density at radius 1 is 1.03 bits per heavy atom. The fourth-order valence-corrected chi connectivity index (χ4v) is 3.80. The first-order valence-corrected chi connectivity index (χ1v) is 11.9. The summed E-state index contributed by atoms with van der Waals surface area (Å²) in [6.07, 6.45) is -0.325. The van der Waals surface area contributed by atoms with Gasteiger partial charge in [0.1, 0.15) is 18.6 Å². The van der Waals surface area contributed by atoms with Gasteiger partial charge >= 0.3 is 11.9 Å². The highest BCUT2D eigenvalue weighted by molar-refractivity contribution is 7.99. The summed E-state index contributed by atoms with van der Waals surface area (Å²) in [6, 6.07) is 12.1. The van der Waals surface area contributed by atoms with Crippen LogP contribution in [0.4, 0.5) is 17.1 Å². The summed E-state index contributed by atoms with van der Waals surface area (Å²) in [5, 5.41) is 34.0. The maximum atomic E-state index is 12.5. The SMILES string of the molecule is CNc1ccc(N=Nc2ccccc2SCC(NC(=O)CCC(N)C(=O)O)C(=O)NCC(=O)O)cc1. The zero-order valence-corrected chi connectivity index (χ0v) is 20.3. The van der Waals surface area contributed by atoms with Crippen LogP contribution in [0.25, 0.3) is 0 Å².